The summed E-state index contributed by atoms with van der Waals surface area (Å²) in [6.07, 6.45) is 0. The van der Waals surface area contributed by atoms with Gasteiger partial charge in [0.05, 0.1) is 12.4 Å². The zero-order chi connectivity index (χ0) is 7.28. The lowest BCUT2D eigenvalue weighted by Crippen LogP contribution is -2.66. The molecule has 1 atom stereocenters. The van der Waals surface area contributed by atoms with E-state index in [1.807, 2.05) is 0 Å². The zero-order valence-electron chi connectivity index (χ0n) is 5.46. The van der Waals surface area contributed by atoms with Crippen LogP contribution in [0, 0.1) is 0 Å². The molecule has 3 nitrogen and oxygen atoms in total. The van der Waals surface area contributed by atoms with Crippen LogP contribution in [-0.4, -0.2) is 24.4 Å². The van der Waals surface area contributed by atoms with Crippen molar-refractivity contribution in [1.29, 1.82) is 0 Å². The van der Waals surface area contributed by atoms with E-state index in [1.54, 1.807) is 6.92 Å². The van der Waals surface area contributed by atoms with Crippen molar-refractivity contribution in [2.45, 2.75) is 13.0 Å². The fraction of sp³-hybridized carbons (Fsp3) is 0.800. The Labute approximate surface area is 60.0 Å². The highest BCUT2D eigenvalue weighted by Gasteiger charge is 2.14. The van der Waals surface area contributed by atoms with Crippen LogP contribution in [-0.2, 0) is 9.53 Å². The molecule has 0 aliphatic rings. The largest absolute Gasteiger partial charge is 0.462 e. The molecule has 0 spiro atoms. The first-order chi connectivity index (χ1) is 4.22. The van der Waals surface area contributed by atoms with Gasteiger partial charge in [0, 0.05) is 0 Å². The fourth-order valence-corrected chi connectivity index (χ4v) is 0.484. The van der Waals surface area contributed by atoms with Crippen molar-refractivity contribution in [2.24, 2.45) is 0 Å². The Morgan fingerprint density at radius 1 is 1.89 bits per heavy atom. The van der Waals surface area contributed by atoms with Crippen LogP contribution in [0.3, 0.4) is 0 Å². The second-order valence-corrected chi connectivity index (χ2v) is 2.00. The summed E-state index contributed by atoms with van der Waals surface area (Å²) in [6, 6.07) is -0.326. The van der Waals surface area contributed by atoms with Crippen molar-refractivity contribution < 1.29 is 15.3 Å². The van der Waals surface area contributed by atoms with Gasteiger partial charge in [0.1, 0.15) is 0 Å². The molecule has 0 aliphatic heterocycles. The number of rotatable bonds is 3. The number of hydrogen-bond donors (Lipinski definition) is 2. The number of hydrogen-bond acceptors (Lipinski definition) is 3. The summed E-state index contributed by atoms with van der Waals surface area (Å²) in [5.41, 5.74) is 3.52. The van der Waals surface area contributed by atoms with E-state index in [1.165, 1.54) is 0 Å². The molecule has 0 amide bonds. The maximum Gasteiger partial charge on any atom is 0.365 e. The first kappa shape index (κ1) is 8.78. The van der Waals surface area contributed by atoms with Gasteiger partial charge in [-0.25, -0.2) is 4.79 Å². The molecule has 0 fully saturated rings. The third kappa shape index (κ3) is 3.37. The van der Waals surface area contributed by atoms with Gasteiger partial charge in [-0.1, -0.05) is 0 Å². The van der Waals surface area contributed by atoms with Gasteiger partial charge in [-0.3, -0.25) is 0 Å². The van der Waals surface area contributed by atoms with Crippen LogP contribution in [0.4, 0.5) is 0 Å². The monoisotopic (exact) mass is 150 g/mol. The number of thiol groups is 1. The van der Waals surface area contributed by atoms with E-state index in [4.69, 9.17) is 0 Å². The summed E-state index contributed by atoms with van der Waals surface area (Å²) in [5.74, 6) is 0.172. The van der Waals surface area contributed by atoms with E-state index in [2.05, 4.69) is 23.1 Å². The van der Waals surface area contributed by atoms with Crippen molar-refractivity contribution in [3.63, 3.8) is 0 Å². The quantitative estimate of drug-likeness (QED) is 0.404. The molecule has 0 aromatic rings. The minimum atomic E-state index is -0.326. The lowest BCUT2D eigenvalue weighted by molar-refractivity contribution is -0.401. The van der Waals surface area contributed by atoms with Gasteiger partial charge < -0.3 is 10.5 Å². The van der Waals surface area contributed by atoms with E-state index in [-0.39, 0.29) is 12.0 Å². The van der Waals surface area contributed by atoms with Crippen molar-refractivity contribution in [1.82, 2.24) is 0 Å². The Kier molecular flexibility index (Phi) is 4.53. The maximum absolute atomic E-state index is 10.6. The zero-order valence-corrected chi connectivity index (χ0v) is 6.36. The highest BCUT2D eigenvalue weighted by Crippen LogP contribution is 1.85. The van der Waals surface area contributed by atoms with Crippen molar-refractivity contribution >= 4 is 18.6 Å². The number of carbonyl (C=O) groups is 1. The molecule has 0 bridgehead atoms. The minimum Gasteiger partial charge on any atom is -0.462 e. The number of quaternary nitrogens is 1. The Morgan fingerprint density at radius 2 is 2.44 bits per heavy atom. The first-order valence-electron chi connectivity index (χ1n) is 2.83. The van der Waals surface area contributed by atoms with Gasteiger partial charge in [0.25, 0.3) is 0 Å². The summed E-state index contributed by atoms with van der Waals surface area (Å²) in [6.45, 7) is 2.18. The second-order valence-electron chi connectivity index (χ2n) is 1.63. The molecule has 0 unspecified atom stereocenters. The molecule has 0 aliphatic carbocycles. The smallest absolute Gasteiger partial charge is 0.365 e. The second kappa shape index (κ2) is 4.64. The molecule has 0 radical (unpaired) electrons. The first-order valence-corrected chi connectivity index (χ1v) is 3.46. The predicted molar refractivity (Wildman–Crippen MR) is 37.2 cm³/mol. The van der Waals surface area contributed by atoms with Crippen LogP contribution in [0.25, 0.3) is 0 Å². The average molecular weight is 150 g/mol. The van der Waals surface area contributed by atoms with Crippen molar-refractivity contribution in [3.8, 4) is 0 Å². The summed E-state index contributed by atoms with van der Waals surface area (Å²) in [7, 11) is 0. The Morgan fingerprint density at radius 3 is 2.78 bits per heavy atom. The molecule has 0 rings (SSSR count). The molecule has 0 saturated carbocycles. The molecule has 54 valence electrons. The van der Waals surface area contributed by atoms with Gasteiger partial charge in [-0.15, -0.1) is 0 Å². The SMILES string of the molecule is CCOC(=O)[C@@H]([NH3+])CS. The van der Waals surface area contributed by atoms with Crippen LogP contribution in [0.2, 0.25) is 0 Å². The van der Waals surface area contributed by atoms with Gasteiger partial charge in [-0.2, -0.15) is 12.6 Å². The molecule has 0 saturated heterocycles. The van der Waals surface area contributed by atoms with Crippen LogP contribution in [0.1, 0.15) is 6.92 Å². The van der Waals surface area contributed by atoms with E-state index >= 15 is 0 Å². The normalized spacial score (nSPS) is 12.8. The maximum atomic E-state index is 10.6. The van der Waals surface area contributed by atoms with E-state index in [0.29, 0.717) is 12.4 Å². The molecule has 0 aromatic carbocycles. The topological polar surface area (TPSA) is 53.9 Å². The third-order valence-corrected chi connectivity index (χ3v) is 1.28. The van der Waals surface area contributed by atoms with Gasteiger partial charge >= 0.3 is 5.97 Å². The lowest BCUT2D eigenvalue weighted by atomic mass is 10.4. The molecular weight excluding hydrogens is 138 g/mol. The molecule has 9 heavy (non-hydrogen) atoms. The minimum absolute atomic E-state index is 0.271. The Bertz CT molecular complexity index is 97.0. The summed E-state index contributed by atoms with van der Waals surface area (Å²) < 4.78 is 4.64. The van der Waals surface area contributed by atoms with Crippen LogP contribution < -0.4 is 5.73 Å². The number of carbonyl (C=O) groups excluding carboxylic acids is 1. The summed E-state index contributed by atoms with van der Waals surface area (Å²) in [4.78, 5) is 10.6. The van der Waals surface area contributed by atoms with E-state index < -0.39 is 0 Å². The fourth-order valence-electron chi connectivity index (χ4n) is 0.335. The van der Waals surface area contributed by atoms with Crippen LogP contribution in [0.15, 0.2) is 0 Å². The Hall–Kier alpha value is -0.220. The molecule has 3 N–H and O–H groups in total. The van der Waals surface area contributed by atoms with Gasteiger partial charge in [0.2, 0.25) is 0 Å². The lowest BCUT2D eigenvalue weighted by Gasteiger charge is -2.02. The number of esters is 1. The molecule has 0 heterocycles. The molecule has 0 aromatic heterocycles. The Balaban J connectivity index is 3.46. The van der Waals surface area contributed by atoms with Gasteiger partial charge in [-0.05, 0) is 6.92 Å². The van der Waals surface area contributed by atoms with Crippen molar-refractivity contribution in [3.05, 3.63) is 0 Å². The van der Waals surface area contributed by atoms with E-state index in [0.717, 1.165) is 0 Å². The highest BCUT2D eigenvalue weighted by atomic mass is 32.1. The average Bonchev–Trinajstić information content (AvgIpc) is 1.87. The third-order valence-electron chi connectivity index (χ3n) is 0.840. The molecular formula is C5H12NO2S+. The summed E-state index contributed by atoms with van der Waals surface area (Å²) >= 11 is 3.88. The van der Waals surface area contributed by atoms with Crippen LogP contribution >= 0.6 is 12.6 Å². The molecule has 4 heteroatoms. The van der Waals surface area contributed by atoms with Crippen molar-refractivity contribution in [2.75, 3.05) is 12.4 Å². The highest BCUT2D eigenvalue weighted by molar-refractivity contribution is 7.80. The van der Waals surface area contributed by atoms with Gasteiger partial charge in [0.15, 0.2) is 6.04 Å². The number of ether oxygens (including phenoxy) is 1. The standard InChI is InChI=1S/C5H11NO2S/c1-2-8-5(7)4(6)3-9/h4,9H,2-3,6H2,1H3/p+1/t4-/m0/s1. The van der Waals surface area contributed by atoms with Crippen LogP contribution in [0.5, 0.6) is 0 Å². The predicted octanol–water partition coefficient (Wildman–Crippen LogP) is -0.910. The summed E-state index contributed by atoms with van der Waals surface area (Å²) in [5, 5.41) is 0. The van der Waals surface area contributed by atoms with E-state index in [9.17, 15) is 4.79 Å².